The summed E-state index contributed by atoms with van der Waals surface area (Å²) < 4.78 is 0. The Morgan fingerprint density at radius 3 is 3.00 bits per heavy atom. The van der Waals surface area contributed by atoms with Crippen LogP contribution in [0.4, 0.5) is 4.79 Å². The summed E-state index contributed by atoms with van der Waals surface area (Å²) >= 11 is 0. The SMILES string of the molecule is O=C1OOOC(=O)N2CCCC12. The average molecular weight is 173 g/mol. The molecule has 0 radical (unpaired) electrons. The molecule has 6 heteroatoms. The Bertz CT molecular complexity index is 206. The van der Waals surface area contributed by atoms with Gasteiger partial charge in [-0.15, -0.1) is 0 Å². The molecule has 2 saturated heterocycles. The second kappa shape index (κ2) is 2.63. The summed E-state index contributed by atoms with van der Waals surface area (Å²) in [7, 11) is 0. The van der Waals surface area contributed by atoms with E-state index in [2.05, 4.69) is 14.8 Å². The molecule has 66 valence electrons. The number of carbonyl (C=O) groups is 2. The van der Waals surface area contributed by atoms with E-state index in [1.807, 2.05) is 0 Å². The zero-order valence-corrected chi connectivity index (χ0v) is 6.19. The number of nitrogens with zero attached hydrogens (tertiary/aromatic N) is 1. The van der Waals surface area contributed by atoms with E-state index in [1.165, 1.54) is 4.90 Å². The fourth-order valence-electron chi connectivity index (χ4n) is 1.41. The van der Waals surface area contributed by atoms with Crippen molar-refractivity contribution in [3.8, 4) is 0 Å². The van der Waals surface area contributed by atoms with Crippen LogP contribution in [0.3, 0.4) is 0 Å². The summed E-state index contributed by atoms with van der Waals surface area (Å²) in [4.78, 5) is 31.6. The van der Waals surface area contributed by atoms with Crippen LogP contribution >= 0.6 is 0 Å². The first-order valence-electron chi connectivity index (χ1n) is 3.64. The fraction of sp³-hybridized carbons (Fsp3) is 0.667. The highest BCUT2D eigenvalue weighted by atomic mass is 17.5. The molecule has 2 rings (SSSR count). The predicted octanol–water partition coefficient (Wildman–Crippen LogP) is -0.00920. The second-order valence-electron chi connectivity index (χ2n) is 2.67. The molecule has 0 N–H and O–H groups in total. The van der Waals surface area contributed by atoms with Gasteiger partial charge in [0.05, 0.1) is 0 Å². The second-order valence-corrected chi connectivity index (χ2v) is 2.67. The van der Waals surface area contributed by atoms with E-state index in [9.17, 15) is 9.59 Å². The Kier molecular flexibility index (Phi) is 1.61. The summed E-state index contributed by atoms with van der Waals surface area (Å²) in [6, 6.07) is -0.528. The van der Waals surface area contributed by atoms with Crippen LogP contribution in [0.1, 0.15) is 12.8 Å². The van der Waals surface area contributed by atoms with Crippen molar-refractivity contribution >= 4 is 12.1 Å². The standard InChI is InChI=1S/C6H7NO5/c8-5-4-2-1-3-7(4)6(9)11-12-10-5/h4H,1-3H2. The van der Waals surface area contributed by atoms with Gasteiger partial charge in [0.2, 0.25) is 0 Å². The zero-order chi connectivity index (χ0) is 8.55. The Morgan fingerprint density at radius 2 is 2.17 bits per heavy atom. The van der Waals surface area contributed by atoms with Crippen LogP contribution in [0.2, 0.25) is 0 Å². The largest absolute Gasteiger partial charge is 0.446 e. The Hall–Kier alpha value is -1.30. The van der Waals surface area contributed by atoms with Gasteiger partial charge in [0, 0.05) is 11.6 Å². The van der Waals surface area contributed by atoms with Crippen molar-refractivity contribution in [1.82, 2.24) is 4.90 Å². The van der Waals surface area contributed by atoms with Gasteiger partial charge in [-0.2, -0.15) is 0 Å². The van der Waals surface area contributed by atoms with Crippen LogP contribution in [0.5, 0.6) is 0 Å². The number of amides is 1. The number of hydrogen-bond donors (Lipinski definition) is 0. The Labute approximate surface area is 67.8 Å². The molecule has 1 atom stereocenters. The molecule has 0 aromatic rings. The topological polar surface area (TPSA) is 65.1 Å². The van der Waals surface area contributed by atoms with Gasteiger partial charge in [0.1, 0.15) is 6.04 Å². The number of rotatable bonds is 0. The van der Waals surface area contributed by atoms with E-state index >= 15 is 0 Å². The quantitative estimate of drug-likeness (QED) is 0.482. The van der Waals surface area contributed by atoms with Crippen molar-refractivity contribution in [1.29, 1.82) is 0 Å². The molecule has 2 aliphatic heterocycles. The van der Waals surface area contributed by atoms with E-state index in [0.717, 1.165) is 6.42 Å². The minimum absolute atomic E-state index is 0.516. The van der Waals surface area contributed by atoms with Gasteiger partial charge in [-0.25, -0.2) is 14.5 Å². The predicted molar refractivity (Wildman–Crippen MR) is 33.4 cm³/mol. The lowest BCUT2D eigenvalue weighted by Gasteiger charge is -2.14. The monoisotopic (exact) mass is 173 g/mol. The normalized spacial score (nSPS) is 29.0. The molecule has 2 heterocycles. The fourth-order valence-corrected chi connectivity index (χ4v) is 1.41. The number of carbonyl (C=O) groups excluding carboxylic acids is 2. The molecule has 6 nitrogen and oxygen atoms in total. The molecule has 0 aromatic heterocycles. The molecule has 2 aliphatic rings. The highest BCUT2D eigenvalue weighted by molar-refractivity contribution is 5.82. The van der Waals surface area contributed by atoms with Crippen molar-refractivity contribution in [2.45, 2.75) is 18.9 Å². The Balaban J connectivity index is 2.20. The first-order chi connectivity index (χ1) is 5.79. The van der Waals surface area contributed by atoms with Crippen molar-refractivity contribution in [2.24, 2.45) is 0 Å². The maximum atomic E-state index is 11.0. The van der Waals surface area contributed by atoms with Crippen LogP contribution in [-0.2, 0) is 19.6 Å². The first-order valence-corrected chi connectivity index (χ1v) is 3.64. The molecule has 1 amide bonds. The van der Waals surface area contributed by atoms with Crippen LogP contribution in [0.25, 0.3) is 0 Å². The first kappa shape index (κ1) is 7.35. The average Bonchev–Trinajstić information content (AvgIpc) is 2.47. The van der Waals surface area contributed by atoms with Crippen LogP contribution in [0.15, 0.2) is 0 Å². The lowest BCUT2D eigenvalue weighted by atomic mass is 10.2. The summed E-state index contributed by atoms with van der Waals surface area (Å²) in [6.45, 7) is 0.516. The van der Waals surface area contributed by atoms with E-state index in [4.69, 9.17) is 0 Å². The van der Waals surface area contributed by atoms with Crippen molar-refractivity contribution in [3.63, 3.8) is 0 Å². The molecule has 0 aromatic carbocycles. The summed E-state index contributed by atoms with van der Waals surface area (Å²) in [6.07, 6.45) is 0.731. The maximum Gasteiger partial charge on any atom is 0.446 e. The van der Waals surface area contributed by atoms with Gasteiger partial charge in [-0.3, -0.25) is 9.79 Å². The maximum absolute atomic E-state index is 11.0. The van der Waals surface area contributed by atoms with E-state index in [1.54, 1.807) is 0 Å². The highest BCUT2D eigenvalue weighted by Gasteiger charge is 2.40. The summed E-state index contributed by atoms with van der Waals surface area (Å²) in [5.41, 5.74) is 0. The van der Waals surface area contributed by atoms with Crippen LogP contribution in [0, 0.1) is 0 Å². The van der Waals surface area contributed by atoms with Crippen LogP contribution in [-0.4, -0.2) is 29.5 Å². The molecule has 2 fully saturated rings. The third-order valence-electron chi connectivity index (χ3n) is 1.98. The zero-order valence-electron chi connectivity index (χ0n) is 6.19. The number of fused-ring (bicyclic) bond motifs is 1. The smallest absolute Gasteiger partial charge is 0.292 e. The van der Waals surface area contributed by atoms with Crippen LogP contribution < -0.4 is 0 Å². The van der Waals surface area contributed by atoms with Crippen molar-refractivity contribution < 1.29 is 24.4 Å². The Morgan fingerprint density at radius 1 is 1.33 bits per heavy atom. The molecule has 12 heavy (non-hydrogen) atoms. The third kappa shape index (κ3) is 1.00. The molecule has 0 bridgehead atoms. The number of hydrogen-bond acceptors (Lipinski definition) is 5. The third-order valence-corrected chi connectivity index (χ3v) is 1.98. The van der Waals surface area contributed by atoms with E-state index in [0.29, 0.717) is 13.0 Å². The van der Waals surface area contributed by atoms with Gasteiger partial charge in [-0.1, -0.05) is 0 Å². The summed E-state index contributed by atoms with van der Waals surface area (Å²) in [5, 5.41) is 3.91. The minimum Gasteiger partial charge on any atom is -0.292 e. The van der Waals surface area contributed by atoms with Crippen molar-refractivity contribution in [3.05, 3.63) is 0 Å². The molecule has 0 aliphatic carbocycles. The van der Waals surface area contributed by atoms with E-state index < -0.39 is 18.1 Å². The lowest BCUT2D eigenvalue weighted by Crippen LogP contribution is -2.38. The molecule has 1 unspecified atom stereocenters. The molecular formula is C6H7NO5. The van der Waals surface area contributed by atoms with Gasteiger partial charge in [0.25, 0.3) is 0 Å². The lowest BCUT2D eigenvalue weighted by molar-refractivity contribution is -0.450. The molecular weight excluding hydrogens is 166 g/mol. The van der Waals surface area contributed by atoms with E-state index in [-0.39, 0.29) is 0 Å². The summed E-state index contributed by atoms with van der Waals surface area (Å²) in [5.74, 6) is -0.571. The van der Waals surface area contributed by atoms with Gasteiger partial charge >= 0.3 is 12.1 Å². The van der Waals surface area contributed by atoms with Crippen molar-refractivity contribution in [2.75, 3.05) is 6.54 Å². The van der Waals surface area contributed by atoms with Gasteiger partial charge < -0.3 is 0 Å². The molecule has 0 saturated carbocycles. The van der Waals surface area contributed by atoms with Gasteiger partial charge in [-0.05, 0) is 12.8 Å². The highest BCUT2D eigenvalue weighted by Crippen LogP contribution is 2.21. The minimum atomic E-state index is -0.664. The van der Waals surface area contributed by atoms with Gasteiger partial charge in [0.15, 0.2) is 0 Å². The molecule has 0 spiro atoms.